The molecule has 3 unspecified atom stereocenters. The van der Waals surface area contributed by atoms with Crippen LogP contribution in [0.25, 0.3) is 0 Å². The number of nitrogens with one attached hydrogen (secondary N) is 1. The van der Waals surface area contributed by atoms with E-state index in [1.54, 1.807) is 26.4 Å². The largest absolute Gasteiger partial charge is 0.493 e. The number of carbonyl (C=O) groups excluding carboxylic acids is 2. The lowest BCUT2D eigenvalue weighted by Gasteiger charge is -2.28. The van der Waals surface area contributed by atoms with Gasteiger partial charge >= 0.3 is 5.97 Å². The van der Waals surface area contributed by atoms with E-state index >= 15 is 0 Å². The fourth-order valence-corrected chi connectivity index (χ4v) is 3.33. The van der Waals surface area contributed by atoms with Crippen molar-refractivity contribution in [3.63, 3.8) is 0 Å². The van der Waals surface area contributed by atoms with Gasteiger partial charge in [0, 0.05) is 12.0 Å². The lowest BCUT2D eigenvalue weighted by Crippen LogP contribution is -2.39. The summed E-state index contributed by atoms with van der Waals surface area (Å²) in [5.41, 5.74) is 6.74. The van der Waals surface area contributed by atoms with E-state index < -0.39 is 12.0 Å². The van der Waals surface area contributed by atoms with Crippen molar-refractivity contribution in [2.45, 2.75) is 44.2 Å². The maximum absolute atomic E-state index is 12.7. The number of methoxy groups -OCH3 is 3. The van der Waals surface area contributed by atoms with E-state index in [1.165, 1.54) is 7.11 Å². The highest BCUT2D eigenvalue weighted by molar-refractivity contribution is 5.80. The van der Waals surface area contributed by atoms with Crippen LogP contribution in [0.1, 0.15) is 43.7 Å². The minimum absolute atomic E-state index is 0.0382. The normalized spacial score (nSPS) is 20.8. The molecule has 1 saturated carbocycles. The summed E-state index contributed by atoms with van der Waals surface area (Å²) in [7, 11) is 4.42. The van der Waals surface area contributed by atoms with Crippen LogP contribution in [0.5, 0.6) is 11.5 Å². The molecule has 1 aromatic rings. The van der Waals surface area contributed by atoms with Gasteiger partial charge in [-0.3, -0.25) is 9.59 Å². The quantitative estimate of drug-likeness (QED) is 0.717. The third-order valence-corrected chi connectivity index (χ3v) is 4.81. The first-order chi connectivity index (χ1) is 12.5. The highest BCUT2D eigenvalue weighted by Crippen LogP contribution is 2.32. The van der Waals surface area contributed by atoms with Crippen LogP contribution in [-0.2, 0) is 14.3 Å². The Kier molecular flexibility index (Phi) is 7.26. The summed E-state index contributed by atoms with van der Waals surface area (Å²) in [6.45, 7) is 0. The summed E-state index contributed by atoms with van der Waals surface area (Å²) in [5.74, 6) is 0.514. The molecule has 26 heavy (non-hydrogen) atoms. The summed E-state index contributed by atoms with van der Waals surface area (Å²) in [6, 6.07) is 4.87. The van der Waals surface area contributed by atoms with Crippen molar-refractivity contribution in [1.82, 2.24) is 5.32 Å². The summed E-state index contributed by atoms with van der Waals surface area (Å²) in [6.07, 6.45) is 3.41. The molecule has 0 spiro atoms. The van der Waals surface area contributed by atoms with E-state index in [4.69, 9.17) is 19.9 Å². The van der Waals surface area contributed by atoms with Crippen LogP contribution in [0.3, 0.4) is 0 Å². The Hall–Kier alpha value is -2.28. The van der Waals surface area contributed by atoms with Gasteiger partial charge in [-0.2, -0.15) is 0 Å². The first-order valence-corrected chi connectivity index (χ1v) is 8.83. The molecular weight excluding hydrogens is 336 g/mol. The molecule has 0 aliphatic heterocycles. The Morgan fingerprint density at radius 1 is 1.19 bits per heavy atom. The van der Waals surface area contributed by atoms with E-state index in [-0.39, 0.29) is 24.3 Å². The minimum Gasteiger partial charge on any atom is -0.493 e. The Morgan fingerprint density at radius 3 is 2.54 bits per heavy atom. The van der Waals surface area contributed by atoms with Crippen LogP contribution in [0.15, 0.2) is 18.2 Å². The van der Waals surface area contributed by atoms with E-state index in [0.29, 0.717) is 17.9 Å². The molecule has 0 saturated heterocycles. The predicted octanol–water partition coefficient (Wildman–Crippen LogP) is 1.94. The minimum atomic E-state index is -0.507. The Balaban J connectivity index is 2.20. The fourth-order valence-electron chi connectivity index (χ4n) is 3.33. The van der Waals surface area contributed by atoms with Gasteiger partial charge in [0.2, 0.25) is 5.91 Å². The fraction of sp³-hybridized carbons (Fsp3) is 0.579. The number of esters is 1. The van der Waals surface area contributed by atoms with Crippen molar-refractivity contribution >= 4 is 11.9 Å². The zero-order valence-electron chi connectivity index (χ0n) is 15.6. The van der Waals surface area contributed by atoms with E-state index in [2.05, 4.69) is 5.32 Å². The van der Waals surface area contributed by atoms with Crippen molar-refractivity contribution in [3.8, 4) is 11.5 Å². The molecule has 7 nitrogen and oxygen atoms in total. The molecule has 0 aromatic heterocycles. The summed E-state index contributed by atoms with van der Waals surface area (Å²) >= 11 is 0. The molecular formula is C19H28N2O5. The van der Waals surface area contributed by atoms with Gasteiger partial charge in [-0.25, -0.2) is 0 Å². The standard InChI is InChI=1S/C19H28N2O5/c1-24-16-8-7-12(10-17(16)25-2)15(11-18(22)26-3)21-19(23)13-5-4-6-14(20)9-13/h7-8,10,13-15H,4-6,9,11,20H2,1-3H3,(H,21,23). The zero-order chi connectivity index (χ0) is 19.1. The van der Waals surface area contributed by atoms with Crippen molar-refractivity contribution in [2.24, 2.45) is 11.7 Å². The van der Waals surface area contributed by atoms with Crippen molar-refractivity contribution < 1.29 is 23.8 Å². The van der Waals surface area contributed by atoms with Crippen LogP contribution < -0.4 is 20.5 Å². The van der Waals surface area contributed by atoms with Gasteiger partial charge in [-0.05, 0) is 37.0 Å². The molecule has 0 radical (unpaired) electrons. The summed E-state index contributed by atoms with van der Waals surface area (Å²) in [4.78, 5) is 24.5. The number of rotatable bonds is 7. The highest BCUT2D eigenvalue weighted by atomic mass is 16.5. The Labute approximate surface area is 154 Å². The molecule has 7 heteroatoms. The third kappa shape index (κ3) is 5.11. The molecule has 1 aliphatic carbocycles. The first kappa shape index (κ1) is 20.0. The molecule has 144 valence electrons. The molecule has 3 atom stereocenters. The zero-order valence-corrected chi connectivity index (χ0v) is 15.6. The summed E-state index contributed by atoms with van der Waals surface area (Å²) in [5, 5.41) is 2.99. The maximum atomic E-state index is 12.7. The van der Waals surface area contributed by atoms with Crippen LogP contribution in [0.2, 0.25) is 0 Å². The number of hydrogen-bond acceptors (Lipinski definition) is 6. The Bertz CT molecular complexity index is 634. The van der Waals surface area contributed by atoms with Crippen LogP contribution in [0, 0.1) is 5.92 Å². The third-order valence-electron chi connectivity index (χ3n) is 4.81. The van der Waals surface area contributed by atoms with Gasteiger partial charge in [0.25, 0.3) is 0 Å². The number of nitrogens with two attached hydrogens (primary N) is 1. The van der Waals surface area contributed by atoms with Crippen molar-refractivity contribution in [3.05, 3.63) is 23.8 Å². The van der Waals surface area contributed by atoms with Crippen molar-refractivity contribution in [2.75, 3.05) is 21.3 Å². The molecule has 1 amide bonds. The average Bonchev–Trinajstić information content (AvgIpc) is 2.66. The Morgan fingerprint density at radius 2 is 1.92 bits per heavy atom. The van der Waals surface area contributed by atoms with Gasteiger partial charge < -0.3 is 25.3 Å². The first-order valence-electron chi connectivity index (χ1n) is 8.83. The summed E-state index contributed by atoms with van der Waals surface area (Å²) < 4.78 is 15.3. The number of ether oxygens (including phenoxy) is 3. The van der Waals surface area contributed by atoms with E-state index in [9.17, 15) is 9.59 Å². The molecule has 1 aliphatic rings. The predicted molar refractivity (Wildman–Crippen MR) is 97.0 cm³/mol. The van der Waals surface area contributed by atoms with Gasteiger partial charge in [-0.1, -0.05) is 12.5 Å². The number of hydrogen-bond donors (Lipinski definition) is 2. The maximum Gasteiger partial charge on any atom is 0.307 e. The van der Waals surface area contributed by atoms with Gasteiger partial charge in [-0.15, -0.1) is 0 Å². The molecule has 2 rings (SSSR count). The monoisotopic (exact) mass is 364 g/mol. The van der Waals surface area contributed by atoms with Crippen LogP contribution >= 0.6 is 0 Å². The average molecular weight is 364 g/mol. The van der Waals surface area contributed by atoms with Gasteiger partial charge in [0.05, 0.1) is 33.8 Å². The topological polar surface area (TPSA) is 99.9 Å². The molecule has 0 heterocycles. The van der Waals surface area contributed by atoms with Crippen LogP contribution in [0.4, 0.5) is 0 Å². The van der Waals surface area contributed by atoms with Crippen LogP contribution in [-0.4, -0.2) is 39.2 Å². The van der Waals surface area contributed by atoms with Gasteiger partial charge in [0.15, 0.2) is 11.5 Å². The SMILES string of the molecule is COC(=O)CC(NC(=O)C1CCCC(N)C1)c1ccc(OC)c(OC)c1. The second-order valence-corrected chi connectivity index (χ2v) is 6.58. The molecule has 1 aromatic carbocycles. The smallest absolute Gasteiger partial charge is 0.307 e. The lowest BCUT2D eigenvalue weighted by atomic mass is 9.85. The van der Waals surface area contributed by atoms with Crippen molar-refractivity contribution in [1.29, 1.82) is 0 Å². The second-order valence-electron chi connectivity index (χ2n) is 6.58. The number of amides is 1. The van der Waals surface area contributed by atoms with Gasteiger partial charge in [0.1, 0.15) is 0 Å². The lowest BCUT2D eigenvalue weighted by molar-refractivity contribution is -0.141. The second kappa shape index (κ2) is 9.43. The molecule has 1 fully saturated rings. The molecule has 3 N–H and O–H groups in total. The molecule has 0 bridgehead atoms. The highest BCUT2D eigenvalue weighted by Gasteiger charge is 2.28. The van der Waals surface area contributed by atoms with E-state index in [1.807, 2.05) is 6.07 Å². The number of carbonyl (C=O) groups is 2. The van der Waals surface area contributed by atoms with E-state index in [0.717, 1.165) is 24.8 Å². The number of benzene rings is 1.